The topological polar surface area (TPSA) is 15.3 Å². The van der Waals surface area contributed by atoms with Gasteiger partial charge in [0.05, 0.1) is 0 Å². The van der Waals surface area contributed by atoms with Crippen molar-refractivity contribution in [1.29, 1.82) is 0 Å². The summed E-state index contributed by atoms with van der Waals surface area (Å²) in [5, 5.41) is 3.64. The standard InChI is InChI=1S/C17H27FN2/c1-4-20-10-6-8-16(12-20)14(3)19-13(2)15-7-5-9-17(18)11-15/h5,7,9,11,13-14,16,19H,4,6,8,10,12H2,1-3H3. The smallest absolute Gasteiger partial charge is 0.123 e. The van der Waals surface area contributed by atoms with Crippen LogP contribution in [0, 0.1) is 11.7 Å². The second-order valence-electron chi connectivity index (χ2n) is 6.03. The molecular formula is C17H27FN2. The van der Waals surface area contributed by atoms with Crippen LogP contribution in [0.25, 0.3) is 0 Å². The van der Waals surface area contributed by atoms with E-state index in [0.29, 0.717) is 12.0 Å². The van der Waals surface area contributed by atoms with Crippen LogP contribution in [-0.2, 0) is 0 Å². The Labute approximate surface area is 122 Å². The second kappa shape index (κ2) is 7.19. The quantitative estimate of drug-likeness (QED) is 0.885. The zero-order valence-corrected chi connectivity index (χ0v) is 12.9. The van der Waals surface area contributed by atoms with Gasteiger partial charge in [-0.1, -0.05) is 19.1 Å². The summed E-state index contributed by atoms with van der Waals surface area (Å²) in [6, 6.07) is 7.56. The highest BCUT2D eigenvalue weighted by Gasteiger charge is 2.24. The van der Waals surface area contributed by atoms with Gasteiger partial charge in [0.1, 0.15) is 5.82 Å². The van der Waals surface area contributed by atoms with Gasteiger partial charge in [0, 0.05) is 18.6 Å². The molecule has 0 aromatic heterocycles. The Hall–Kier alpha value is -0.930. The summed E-state index contributed by atoms with van der Waals surface area (Å²) < 4.78 is 13.3. The lowest BCUT2D eigenvalue weighted by molar-refractivity contribution is 0.153. The van der Waals surface area contributed by atoms with E-state index in [-0.39, 0.29) is 11.9 Å². The molecule has 0 radical (unpaired) electrons. The van der Waals surface area contributed by atoms with Crippen molar-refractivity contribution in [2.45, 2.75) is 45.7 Å². The zero-order chi connectivity index (χ0) is 14.5. The Morgan fingerprint density at radius 2 is 2.20 bits per heavy atom. The molecule has 1 heterocycles. The minimum atomic E-state index is -0.154. The fraction of sp³-hybridized carbons (Fsp3) is 0.647. The van der Waals surface area contributed by atoms with Crippen LogP contribution in [-0.4, -0.2) is 30.6 Å². The molecule has 112 valence electrons. The van der Waals surface area contributed by atoms with Gasteiger partial charge in [-0.05, 0) is 63.4 Å². The normalized spacial score (nSPS) is 23.5. The number of hydrogen-bond donors (Lipinski definition) is 1. The highest BCUT2D eigenvalue weighted by atomic mass is 19.1. The van der Waals surface area contributed by atoms with Crippen LogP contribution in [0.3, 0.4) is 0 Å². The first-order chi connectivity index (χ1) is 9.60. The average Bonchev–Trinajstić information content (AvgIpc) is 2.47. The van der Waals surface area contributed by atoms with E-state index in [0.717, 1.165) is 12.1 Å². The molecule has 0 spiro atoms. The van der Waals surface area contributed by atoms with Crippen LogP contribution in [0.4, 0.5) is 4.39 Å². The minimum Gasteiger partial charge on any atom is -0.307 e. The van der Waals surface area contributed by atoms with E-state index in [1.165, 1.54) is 32.0 Å². The largest absolute Gasteiger partial charge is 0.307 e. The van der Waals surface area contributed by atoms with E-state index >= 15 is 0 Å². The molecule has 2 nitrogen and oxygen atoms in total. The van der Waals surface area contributed by atoms with Gasteiger partial charge in [-0.25, -0.2) is 4.39 Å². The number of benzene rings is 1. The summed E-state index contributed by atoms with van der Waals surface area (Å²) in [4.78, 5) is 2.53. The SMILES string of the molecule is CCN1CCCC(C(C)NC(C)c2cccc(F)c2)C1. The minimum absolute atomic E-state index is 0.154. The number of halogens is 1. The second-order valence-corrected chi connectivity index (χ2v) is 6.03. The number of nitrogens with one attached hydrogen (secondary N) is 1. The molecule has 3 atom stereocenters. The molecule has 0 aliphatic carbocycles. The summed E-state index contributed by atoms with van der Waals surface area (Å²) in [7, 11) is 0. The van der Waals surface area contributed by atoms with Crippen LogP contribution in [0.1, 0.15) is 45.2 Å². The number of rotatable bonds is 5. The molecule has 3 heteroatoms. The Morgan fingerprint density at radius 3 is 2.90 bits per heavy atom. The van der Waals surface area contributed by atoms with Gasteiger partial charge >= 0.3 is 0 Å². The lowest BCUT2D eigenvalue weighted by Crippen LogP contribution is -2.44. The maximum absolute atomic E-state index is 13.3. The van der Waals surface area contributed by atoms with E-state index < -0.39 is 0 Å². The fourth-order valence-electron chi connectivity index (χ4n) is 3.19. The molecule has 1 aromatic carbocycles. The summed E-state index contributed by atoms with van der Waals surface area (Å²) in [5.41, 5.74) is 1.03. The van der Waals surface area contributed by atoms with Gasteiger partial charge in [-0.3, -0.25) is 0 Å². The first kappa shape index (κ1) is 15.5. The third-order valence-electron chi connectivity index (χ3n) is 4.56. The summed E-state index contributed by atoms with van der Waals surface area (Å²) in [6.45, 7) is 10.2. The average molecular weight is 278 g/mol. The Balaban J connectivity index is 1.91. The maximum atomic E-state index is 13.3. The zero-order valence-electron chi connectivity index (χ0n) is 12.9. The predicted octanol–water partition coefficient (Wildman–Crippen LogP) is 3.60. The third-order valence-corrected chi connectivity index (χ3v) is 4.56. The van der Waals surface area contributed by atoms with Gasteiger partial charge in [-0.2, -0.15) is 0 Å². The van der Waals surface area contributed by atoms with Gasteiger partial charge in [-0.15, -0.1) is 0 Å². The molecule has 1 saturated heterocycles. The van der Waals surface area contributed by atoms with Crippen molar-refractivity contribution >= 4 is 0 Å². The van der Waals surface area contributed by atoms with Crippen molar-refractivity contribution in [3.05, 3.63) is 35.6 Å². The van der Waals surface area contributed by atoms with E-state index in [1.807, 2.05) is 6.07 Å². The first-order valence-electron chi connectivity index (χ1n) is 7.84. The van der Waals surface area contributed by atoms with E-state index in [1.54, 1.807) is 12.1 Å². The molecular weight excluding hydrogens is 251 g/mol. The molecule has 2 rings (SSSR count). The Kier molecular flexibility index (Phi) is 5.55. The summed E-state index contributed by atoms with van der Waals surface area (Å²) >= 11 is 0. The lowest BCUT2D eigenvalue weighted by atomic mass is 9.90. The van der Waals surface area contributed by atoms with Gasteiger partial charge < -0.3 is 10.2 Å². The maximum Gasteiger partial charge on any atom is 0.123 e. The summed E-state index contributed by atoms with van der Waals surface area (Å²) in [6.07, 6.45) is 2.58. The molecule has 1 aliphatic rings. The van der Waals surface area contributed by atoms with Gasteiger partial charge in [0.2, 0.25) is 0 Å². The third kappa shape index (κ3) is 4.03. The molecule has 1 aromatic rings. The number of piperidine rings is 1. The van der Waals surface area contributed by atoms with E-state index in [4.69, 9.17) is 0 Å². The van der Waals surface area contributed by atoms with Crippen LogP contribution in [0.5, 0.6) is 0 Å². The Morgan fingerprint density at radius 1 is 1.40 bits per heavy atom. The molecule has 0 saturated carbocycles. The van der Waals surface area contributed by atoms with Gasteiger partial charge in [0.25, 0.3) is 0 Å². The number of likely N-dealkylation sites (tertiary alicyclic amines) is 1. The van der Waals surface area contributed by atoms with Crippen molar-refractivity contribution in [3.63, 3.8) is 0 Å². The molecule has 20 heavy (non-hydrogen) atoms. The van der Waals surface area contributed by atoms with Crippen LogP contribution < -0.4 is 5.32 Å². The van der Waals surface area contributed by atoms with Gasteiger partial charge in [0.15, 0.2) is 0 Å². The number of nitrogens with zero attached hydrogens (tertiary/aromatic N) is 1. The molecule has 1 fully saturated rings. The fourth-order valence-corrected chi connectivity index (χ4v) is 3.19. The van der Waals surface area contributed by atoms with Crippen molar-refractivity contribution in [3.8, 4) is 0 Å². The highest BCUT2D eigenvalue weighted by molar-refractivity contribution is 5.19. The van der Waals surface area contributed by atoms with Crippen molar-refractivity contribution in [2.75, 3.05) is 19.6 Å². The Bertz CT molecular complexity index is 421. The van der Waals surface area contributed by atoms with Crippen LogP contribution >= 0.6 is 0 Å². The van der Waals surface area contributed by atoms with E-state index in [9.17, 15) is 4.39 Å². The number of hydrogen-bond acceptors (Lipinski definition) is 2. The molecule has 1 aliphatic heterocycles. The summed E-state index contributed by atoms with van der Waals surface area (Å²) in [5.74, 6) is 0.540. The molecule has 3 unspecified atom stereocenters. The van der Waals surface area contributed by atoms with Crippen LogP contribution in [0.2, 0.25) is 0 Å². The molecule has 0 amide bonds. The highest BCUT2D eigenvalue weighted by Crippen LogP contribution is 2.22. The molecule has 1 N–H and O–H groups in total. The predicted molar refractivity (Wildman–Crippen MR) is 82.3 cm³/mol. The van der Waals surface area contributed by atoms with E-state index in [2.05, 4.69) is 31.0 Å². The van der Waals surface area contributed by atoms with Crippen molar-refractivity contribution in [2.24, 2.45) is 5.92 Å². The van der Waals surface area contributed by atoms with Crippen molar-refractivity contribution < 1.29 is 4.39 Å². The first-order valence-corrected chi connectivity index (χ1v) is 7.84. The van der Waals surface area contributed by atoms with Crippen molar-refractivity contribution in [1.82, 2.24) is 10.2 Å². The molecule has 0 bridgehead atoms. The van der Waals surface area contributed by atoms with Crippen LogP contribution in [0.15, 0.2) is 24.3 Å². The monoisotopic (exact) mass is 278 g/mol. The lowest BCUT2D eigenvalue weighted by Gasteiger charge is -2.36.